The Morgan fingerprint density at radius 3 is 3.12 bits per heavy atom. The summed E-state index contributed by atoms with van der Waals surface area (Å²) in [4.78, 5) is 1.30. The molecule has 1 aromatic rings. The van der Waals surface area contributed by atoms with Gasteiger partial charge in [0.15, 0.2) is 0 Å². The second kappa shape index (κ2) is 4.69. The summed E-state index contributed by atoms with van der Waals surface area (Å²) in [7, 11) is 0. The van der Waals surface area contributed by atoms with Crippen LogP contribution in [-0.2, 0) is 9.47 Å². The van der Waals surface area contributed by atoms with Crippen LogP contribution in [0.25, 0.3) is 0 Å². The zero-order valence-corrected chi connectivity index (χ0v) is 10.7. The molecule has 3 atom stereocenters. The van der Waals surface area contributed by atoms with Gasteiger partial charge in [0.2, 0.25) is 0 Å². The van der Waals surface area contributed by atoms with E-state index in [1.54, 1.807) is 11.3 Å². The number of ether oxygens (including phenoxy) is 2. The lowest BCUT2D eigenvalue weighted by Gasteiger charge is -2.39. The van der Waals surface area contributed by atoms with E-state index in [0.717, 1.165) is 39.1 Å². The van der Waals surface area contributed by atoms with E-state index >= 15 is 0 Å². The Labute approximate surface area is 106 Å². The molecule has 2 aliphatic rings. The summed E-state index contributed by atoms with van der Waals surface area (Å²) in [6.07, 6.45) is 3.15. The third-order valence-corrected chi connectivity index (χ3v) is 4.95. The standard InChI is InChI=1S/C13H19NO2S/c14-12(11-2-1-7-17-11)10-3-5-16-13(8-10)4-6-15-9-13/h1-2,7,10,12H,3-6,8-9,14H2. The Morgan fingerprint density at radius 1 is 1.47 bits per heavy atom. The summed E-state index contributed by atoms with van der Waals surface area (Å²) >= 11 is 1.76. The SMILES string of the molecule is NC(c1cccs1)C1CCOC2(CCOC2)C1. The van der Waals surface area contributed by atoms with E-state index < -0.39 is 0 Å². The average Bonchev–Trinajstić information content (AvgIpc) is 3.00. The fraction of sp³-hybridized carbons (Fsp3) is 0.692. The molecule has 2 aliphatic heterocycles. The van der Waals surface area contributed by atoms with Gasteiger partial charge in [-0.15, -0.1) is 11.3 Å². The zero-order valence-electron chi connectivity index (χ0n) is 9.93. The maximum absolute atomic E-state index is 6.38. The second-order valence-electron chi connectivity index (χ2n) is 5.13. The predicted molar refractivity (Wildman–Crippen MR) is 68.1 cm³/mol. The van der Waals surface area contributed by atoms with Crippen LogP contribution in [0.4, 0.5) is 0 Å². The van der Waals surface area contributed by atoms with Crippen LogP contribution < -0.4 is 5.73 Å². The highest BCUT2D eigenvalue weighted by atomic mass is 32.1. The highest BCUT2D eigenvalue weighted by Crippen LogP contribution is 2.40. The van der Waals surface area contributed by atoms with Crippen LogP contribution in [0, 0.1) is 5.92 Å². The summed E-state index contributed by atoms with van der Waals surface area (Å²) in [5.41, 5.74) is 6.35. The number of hydrogen-bond acceptors (Lipinski definition) is 4. The average molecular weight is 253 g/mol. The lowest BCUT2D eigenvalue weighted by Crippen LogP contribution is -2.43. The Kier molecular flexibility index (Phi) is 3.21. The molecular weight excluding hydrogens is 234 g/mol. The van der Waals surface area contributed by atoms with Crippen LogP contribution in [0.3, 0.4) is 0 Å². The van der Waals surface area contributed by atoms with E-state index in [1.807, 2.05) is 0 Å². The third-order valence-electron chi connectivity index (χ3n) is 3.98. The Morgan fingerprint density at radius 2 is 2.41 bits per heavy atom. The maximum Gasteiger partial charge on any atom is 0.0940 e. The van der Waals surface area contributed by atoms with Gasteiger partial charge in [-0.05, 0) is 30.2 Å². The van der Waals surface area contributed by atoms with E-state index in [4.69, 9.17) is 15.2 Å². The second-order valence-corrected chi connectivity index (χ2v) is 6.11. The van der Waals surface area contributed by atoms with Crippen LogP contribution in [0.2, 0.25) is 0 Å². The third kappa shape index (κ3) is 2.27. The van der Waals surface area contributed by atoms with Crippen molar-refractivity contribution < 1.29 is 9.47 Å². The van der Waals surface area contributed by atoms with Gasteiger partial charge in [0.1, 0.15) is 0 Å². The first kappa shape index (κ1) is 11.7. The van der Waals surface area contributed by atoms with Crippen LogP contribution in [0.1, 0.15) is 30.2 Å². The summed E-state index contributed by atoms with van der Waals surface area (Å²) < 4.78 is 11.4. The van der Waals surface area contributed by atoms with Crippen LogP contribution in [-0.4, -0.2) is 25.4 Å². The van der Waals surface area contributed by atoms with Gasteiger partial charge in [0.05, 0.1) is 12.2 Å². The molecule has 0 radical (unpaired) electrons. The van der Waals surface area contributed by atoms with Crippen molar-refractivity contribution in [1.29, 1.82) is 0 Å². The van der Waals surface area contributed by atoms with Crippen molar-refractivity contribution in [1.82, 2.24) is 0 Å². The van der Waals surface area contributed by atoms with Crippen molar-refractivity contribution in [2.24, 2.45) is 11.7 Å². The smallest absolute Gasteiger partial charge is 0.0940 e. The molecule has 0 amide bonds. The molecule has 3 rings (SSSR count). The van der Waals surface area contributed by atoms with Crippen molar-refractivity contribution in [3.05, 3.63) is 22.4 Å². The van der Waals surface area contributed by atoms with Crippen molar-refractivity contribution >= 4 is 11.3 Å². The summed E-state index contributed by atoms with van der Waals surface area (Å²) in [6.45, 7) is 2.41. The van der Waals surface area contributed by atoms with E-state index in [-0.39, 0.29) is 11.6 Å². The van der Waals surface area contributed by atoms with Gasteiger partial charge in [-0.1, -0.05) is 6.07 Å². The quantitative estimate of drug-likeness (QED) is 0.880. The van der Waals surface area contributed by atoms with Crippen LogP contribution in [0.15, 0.2) is 17.5 Å². The molecule has 2 fully saturated rings. The van der Waals surface area contributed by atoms with Crippen molar-refractivity contribution in [3.63, 3.8) is 0 Å². The fourth-order valence-corrected chi connectivity index (χ4v) is 3.77. The first-order valence-electron chi connectivity index (χ1n) is 6.30. The first-order chi connectivity index (χ1) is 8.29. The largest absolute Gasteiger partial charge is 0.378 e. The number of thiophene rings is 1. The molecule has 4 heteroatoms. The number of nitrogens with two attached hydrogens (primary N) is 1. The minimum Gasteiger partial charge on any atom is -0.378 e. The monoisotopic (exact) mass is 253 g/mol. The van der Waals surface area contributed by atoms with Crippen molar-refractivity contribution in [2.45, 2.75) is 30.9 Å². The molecule has 0 saturated carbocycles. The Balaban J connectivity index is 1.71. The predicted octanol–water partition coefficient (Wildman–Crippen LogP) is 2.33. The van der Waals surface area contributed by atoms with E-state index in [0.29, 0.717) is 5.92 Å². The van der Waals surface area contributed by atoms with Gasteiger partial charge in [-0.2, -0.15) is 0 Å². The number of rotatable bonds is 2. The van der Waals surface area contributed by atoms with Gasteiger partial charge in [-0.3, -0.25) is 0 Å². The van der Waals surface area contributed by atoms with Crippen molar-refractivity contribution in [2.75, 3.05) is 19.8 Å². The van der Waals surface area contributed by atoms with Crippen molar-refractivity contribution in [3.8, 4) is 0 Å². The Bertz CT molecular complexity index is 360. The minimum atomic E-state index is -0.0300. The molecule has 17 heavy (non-hydrogen) atoms. The van der Waals surface area contributed by atoms with E-state index in [2.05, 4.69) is 17.5 Å². The van der Waals surface area contributed by atoms with E-state index in [1.165, 1.54) is 4.88 Å². The summed E-state index contributed by atoms with van der Waals surface area (Å²) in [5, 5.41) is 2.10. The topological polar surface area (TPSA) is 44.5 Å². The molecule has 3 unspecified atom stereocenters. The zero-order chi connectivity index (χ0) is 11.7. The number of hydrogen-bond donors (Lipinski definition) is 1. The maximum atomic E-state index is 6.38. The van der Waals surface area contributed by atoms with Gasteiger partial charge in [0, 0.05) is 30.6 Å². The normalized spacial score (nSPS) is 35.2. The molecule has 0 aliphatic carbocycles. The summed E-state index contributed by atoms with van der Waals surface area (Å²) in [5.74, 6) is 0.532. The molecule has 0 bridgehead atoms. The van der Waals surface area contributed by atoms with Crippen LogP contribution in [0.5, 0.6) is 0 Å². The molecule has 2 N–H and O–H groups in total. The summed E-state index contributed by atoms with van der Waals surface area (Å²) in [6, 6.07) is 4.38. The van der Waals surface area contributed by atoms with E-state index in [9.17, 15) is 0 Å². The molecule has 1 aromatic heterocycles. The molecular formula is C13H19NO2S. The highest BCUT2D eigenvalue weighted by molar-refractivity contribution is 7.10. The fourth-order valence-electron chi connectivity index (χ4n) is 2.95. The van der Waals surface area contributed by atoms with Gasteiger partial charge in [0.25, 0.3) is 0 Å². The highest BCUT2D eigenvalue weighted by Gasteiger charge is 2.42. The molecule has 3 nitrogen and oxygen atoms in total. The minimum absolute atomic E-state index is 0.0300. The van der Waals surface area contributed by atoms with Crippen LogP contribution >= 0.6 is 11.3 Å². The van der Waals surface area contributed by atoms with Gasteiger partial charge >= 0.3 is 0 Å². The Hall–Kier alpha value is -0.420. The lowest BCUT2D eigenvalue weighted by molar-refractivity contribution is -0.101. The molecule has 94 valence electrons. The molecule has 3 heterocycles. The molecule has 1 spiro atoms. The lowest BCUT2D eigenvalue weighted by atomic mass is 9.81. The first-order valence-corrected chi connectivity index (χ1v) is 7.18. The van der Waals surface area contributed by atoms with Gasteiger partial charge in [-0.25, -0.2) is 0 Å². The molecule has 2 saturated heterocycles. The molecule has 0 aromatic carbocycles. The van der Waals surface area contributed by atoms with Gasteiger partial charge < -0.3 is 15.2 Å².